The van der Waals surface area contributed by atoms with Gasteiger partial charge in [-0.15, -0.1) is 0 Å². The number of aromatic carboxylic acids is 1. The Hall–Kier alpha value is -2.04. The number of hydrogen-bond donors (Lipinski definition) is 2. The van der Waals surface area contributed by atoms with Gasteiger partial charge in [0.2, 0.25) is 0 Å². The zero-order valence-corrected chi connectivity index (χ0v) is 7.19. The predicted molar refractivity (Wildman–Crippen MR) is 46.9 cm³/mol. The third-order valence-electron chi connectivity index (χ3n) is 1.58. The van der Waals surface area contributed by atoms with Gasteiger partial charge >= 0.3 is 5.97 Å². The zero-order chi connectivity index (χ0) is 10.6. The second-order valence-electron chi connectivity index (χ2n) is 2.58. The lowest BCUT2D eigenvalue weighted by molar-refractivity contribution is -0.254. The predicted octanol–water partition coefficient (Wildman–Crippen LogP) is -0.453. The van der Waals surface area contributed by atoms with Crippen LogP contribution in [-0.2, 0) is 4.79 Å². The van der Waals surface area contributed by atoms with E-state index in [0.717, 1.165) is 0 Å². The highest BCUT2D eigenvalue weighted by Gasteiger charge is 2.03. The third-order valence-corrected chi connectivity index (χ3v) is 1.58. The Morgan fingerprint density at radius 3 is 2.57 bits per heavy atom. The van der Waals surface area contributed by atoms with E-state index < -0.39 is 11.9 Å². The van der Waals surface area contributed by atoms with Gasteiger partial charge in [-0.2, -0.15) is 0 Å². The summed E-state index contributed by atoms with van der Waals surface area (Å²) < 4.78 is 0. The van der Waals surface area contributed by atoms with Crippen LogP contribution in [0.25, 0.3) is 0 Å². The van der Waals surface area contributed by atoms with E-state index in [1.807, 2.05) is 0 Å². The summed E-state index contributed by atoms with van der Waals surface area (Å²) in [4.78, 5) is 20.8. The molecule has 0 radical (unpaired) electrons. The van der Waals surface area contributed by atoms with Crippen molar-refractivity contribution in [3.8, 4) is 0 Å². The monoisotopic (exact) mass is 194 g/mol. The molecule has 0 bridgehead atoms. The molecule has 0 amide bonds. The first-order valence-electron chi connectivity index (χ1n) is 3.87. The number of hydrogen-bond acceptors (Lipinski definition) is 4. The summed E-state index contributed by atoms with van der Waals surface area (Å²) in [5, 5.41) is 21.4. The quantitative estimate of drug-likeness (QED) is 0.677. The van der Waals surface area contributed by atoms with Crippen LogP contribution in [0, 0.1) is 0 Å². The summed E-state index contributed by atoms with van der Waals surface area (Å²) in [6.45, 7) is -0.329. The first-order chi connectivity index (χ1) is 6.61. The van der Waals surface area contributed by atoms with Gasteiger partial charge in [0.25, 0.3) is 0 Å². The molecular formula is C9H8NO4-. The highest BCUT2D eigenvalue weighted by molar-refractivity contribution is 5.93. The Labute approximate surface area is 80.0 Å². The summed E-state index contributed by atoms with van der Waals surface area (Å²) >= 11 is 0. The molecule has 0 heterocycles. The topological polar surface area (TPSA) is 89.5 Å². The van der Waals surface area contributed by atoms with E-state index in [4.69, 9.17) is 5.11 Å². The molecule has 1 rings (SSSR count). The fourth-order valence-electron chi connectivity index (χ4n) is 0.986. The van der Waals surface area contributed by atoms with Crippen LogP contribution in [0.4, 0.5) is 5.69 Å². The largest absolute Gasteiger partial charge is 0.545 e. The van der Waals surface area contributed by atoms with Gasteiger partial charge in [0.1, 0.15) is 6.54 Å². The van der Waals surface area contributed by atoms with Gasteiger partial charge in [0.05, 0.1) is 5.97 Å². The normalized spacial score (nSPS) is 9.43. The van der Waals surface area contributed by atoms with Crippen LogP contribution in [0.1, 0.15) is 10.4 Å². The van der Waals surface area contributed by atoms with Gasteiger partial charge in [-0.1, -0.05) is 18.2 Å². The fraction of sp³-hybridized carbons (Fsp3) is 0.111. The number of nitrogens with one attached hydrogen (secondary N) is 1. The molecule has 0 aliphatic heterocycles. The van der Waals surface area contributed by atoms with Crippen LogP contribution < -0.4 is 10.4 Å². The summed E-state index contributed by atoms with van der Waals surface area (Å²) in [5.41, 5.74) is 0.198. The molecule has 14 heavy (non-hydrogen) atoms. The van der Waals surface area contributed by atoms with E-state index in [-0.39, 0.29) is 17.8 Å². The van der Waals surface area contributed by atoms with Crippen molar-refractivity contribution in [2.75, 3.05) is 11.9 Å². The zero-order valence-electron chi connectivity index (χ0n) is 7.19. The minimum absolute atomic E-state index is 0.0475. The molecule has 74 valence electrons. The summed E-state index contributed by atoms with van der Waals surface area (Å²) in [6.07, 6.45) is 0. The van der Waals surface area contributed by atoms with Crippen molar-refractivity contribution in [1.82, 2.24) is 0 Å². The second kappa shape index (κ2) is 4.27. The Bertz CT molecular complexity index is 362. The first kappa shape index (κ1) is 10.0. The highest BCUT2D eigenvalue weighted by atomic mass is 16.4. The average molecular weight is 194 g/mol. The summed E-state index contributed by atoms with van der Waals surface area (Å²) in [7, 11) is 0. The van der Waals surface area contributed by atoms with Crippen LogP contribution in [0.3, 0.4) is 0 Å². The van der Waals surface area contributed by atoms with E-state index >= 15 is 0 Å². The standard InChI is InChI=1S/C9H9NO4/c11-8(12)5-10-7-4-2-1-3-6(7)9(13)14/h1-4,10H,5H2,(H,11,12)(H,13,14)/p-1. The SMILES string of the molecule is O=C(O)CNc1ccccc1C(=O)[O-]. The van der Waals surface area contributed by atoms with E-state index in [9.17, 15) is 14.7 Å². The third kappa shape index (κ3) is 2.48. The Morgan fingerprint density at radius 1 is 1.36 bits per heavy atom. The first-order valence-corrected chi connectivity index (χ1v) is 3.87. The van der Waals surface area contributed by atoms with Crippen LogP contribution in [0.15, 0.2) is 24.3 Å². The van der Waals surface area contributed by atoms with Crippen molar-refractivity contribution in [2.45, 2.75) is 0 Å². The lowest BCUT2D eigenvalue weighted by atomic mass is 10.2. The van der Waals surface area contributed by atoms with Crippen molar-refractivity contribution >= 4 is 17.6 Å². The Morgan fingerprint density at radius 2 is 2.00 bits per heavy atom. The van der Waals surface area contributed by atoms with Crippen LogP contribution >= 0.6 is 0 Å². The number of benzene rings is 1. The molecule has 0 spiro atoms. The maximum atomic E-state index is 10.6. The Kier molecular flexibility index (Phi) is 3.06. The van der Waals surface area contributed by atoms with Gasteiger partial charge in [0, 0.05) is 11.3 Å². The molecular weight excluding hydrogens is 186 g/mol. The molecule has 5 heteroatoms. The highest BCUT2D eigenvalue weighted by Crippen LogP contribution is 2.13. The lowest BCUT2D eigenvalue weighted by Gasteiger charge is -2.10. The Balaban J connectivity index is 2.84. The van der Waals surface area contributed by atoms with Crippen molar-refractivity contribution in [2.24, 2.45) is 0 Å². The molecule has 5 nitrogen and oxygen atoms in total. The molecule has 0 saturated heterocycles. The molecule has 0 saturated carbocycles. The smallest absolute Gasteiger partial charge is 0.322 e. The number of carbonyl (C=O) groups is 2. The molecule has 0 aliphatic carbocycles. The molecule has 0 atom stereocenters. The van der Waals surface area contributed by atoms with Gasteiger partial charge in [-0.3, -0.25) is 4.79 Å². The number of para-hydroxylation sites is 1. The molecule has 0 unspecified atom stereocenters. The summed E-state index contributed by atoms with van der Waals surface area (Å²) in [6, 6.07) is 5.97. The van der Waals surface area contributed by atoms with Gasteiger partial charge in [0.15, 0.2) is 0 Å². The maximum absolute atomic E-state index is 10.6. The van der Waals surface area contributed by atoms with Crippen molar-refractivity contribution in [3.05, 3.63) is 29.8 Å². The number of anilines is 1. The van der Waals surface area contributed by atoms with Gasteiger partial charge in [-0.05, 0) is 6.07 Å². The number of carbonyl (C=O) groups excluding carboxylic acids is 1. The van der Waals surface area contributed by atoms with E-state index in [1.165, 1.54) is 18.2 Å². The molecule has 1 aromatic carbocycles. The molecule has 0 aliphatic rings. The van der Waals surface area contributed by atoms with Crippen LogP contribution in [-0.4, -0.2) is 23.6 Å². The van der Waals surface area contributed by atoms with E-state index in [1.54, 1.807) is 6.07 Å². The van der Waals surface area contributed by atoms with Crippen LogP contribution in [0.5, 0.6) is 0 Å². The molecule has 1 aromatic rings. The van der Waals surface area contributed by atoms with Crippen molar-refractivity contribution < 1.29 is 19.8 Å². The van der Waals surface area contributed by atoms with E-state index in [2.05, 4.69) is 5.32 Å². The second-order valence-corrected chi connectivity index (χ2v) is 2.58. The number of carboxylic acids is 2. The average Bonchev–Trinajstić information content (AvgIpc) is 2.15. The summed E-state index contributed by atoms with van der Waals surface area (Å²) in [5.74, 6) is -2.39. The molecule has 0 fully saturated rings. The number of aliphatic carboxylic acids is 1. The van der Waals surface area contributed by atoms with Gasteiger partial charge in [-0.25, -0.2) is 0 Å². The number of carboxylic acid groups (broad SMARTS) is 2. The molecule has 2 N–H and O–H groups in total. The van der Waals surface area contributed by atoms with Crippen molar-refractivity contribution in [3.63, 3.8) is 0 Å². The fourth-order valence-corrected chi connectivity index (χ4v) is 0.986. The number of rotatable bonds is 4. The van der Waals surface area contributed by atoms with E-state index in [0.29, 0.717) is 0 Å². The molecule has 0 aromatic heterocycles. The minimum atomic E-state index is -1.33. The lowest BCUT2D eigenvalue weighted by Crippen LogP contribution is -2.24. The minimum Gasteiger partial charge on any atom is -0.545 e. The van der Waals surface area contributed by atoms with Crippen molar-refractivity contribution in [1.29, 1.82) is 0 Å². The maximum Gasteiger partial charge on any atom is 0.322 e. The van der Waals surface area contributed by atoms with Gasteiger partial charge < -0.3 is 20.3 Å². The van der Waals surface area contributed by atoms with Crippen LogP contribution in [0.2, 0.25) is 0 Å².